The van der Waals surface area contributed by atoms with Crippen LogP contribution in [0.25, 0.3) is 0 Å². The first-order valence-electron chi connectivity index (χ1n) is 9.27. The van der Waals surface area contributed by atoms with Gasteiger partial charge in [0.2, 0.25) is 0 Å². The van der Waals surface area contributed by atoms with E-state index in [0.29, 0.717) is 17.9 Å². The summed E-state index contributed by atoms with van der Waals surface area (Å²) in [6.45, 7) is 6.97. The van der Waals surface area contributed by atoms with Gasteiger partial charge in [-0.15, -0.1) is 0 Å². The number of carbonyl (C=O) groups excluding carboxylic acids is 3. The van der Waals surface area contributed by atoms with E-state index in [1.807, 2.05) is 13.8 Å². The molecule has 0 spiro atoms. The van der Waals surface area contributed by atoms with E-state index in [9.17, 15) is 14.4 Å². The second-order valence-corrected chi connectivity index (χ2v) is 6.81. The molecule has 0 aromatic heterocycles. The van der Waals surface area contributed by atoms with Gasteiger partial charge >= 0.3 is 17.9 Å². The van der Waals surface area contributed by atoms with Crippen LogP contribution in [0.2, 0.25) is 0 Å². The number of nitrogens with zero attached hydrogens (tertiary/aromatic N) is 1. The summed E-state index contributed by atoms with van der Waals surface area (Å²) in [7, 11) is 1.52. The van der Waals surface area contributed by atoms with Gasteiger partial charge in [-0.1, -0.05) is 19.9 Å². The average Bonchev–Trinajstić information content (AvgIpc) is 2.64. The molecule has 0 bridgehead atoms. The van der Waals surface area contributed by atoms with Crippen molar-refractivity contribution in [2.24, 2.45) is 11.7 Å². The van der Waals surface area contributed by atoms with Gasteiger partial charge in [0.25, 0.3) is 0 Å². The Labute approximate surface area is 165 Å². The molecule has 28 heavy (non-hydrogen) atoms. The maximum atomic E-state index is 12.6. The summed E-state index contributed by atoms with van der Waals surface area (Å²) in [5.41, 5.74) is 6.02. The molecular formula is C20H30N2O6. The van der Waals surface area contributed by atoms with E-state index in [2.05, 4.69) is 0 Å². The normalized spacial score (nSPS) is 12.8. The predicted molar refractivity (Wildman–Crippen MR) is 105 cm³/mol. The Kier molecular flexibility index (Phi) is 9.44. The minimum atomic E-state index is -0.925. The lowest BCUT2D eigenvalue weighted by atomic mass is 10.0. The quantitative estimate of drug-likeness (QED) is 0.473. The van der Waals surface area contributed by atoms with Gasteiger partial charge in [-0.05, 0) is 38.3 Å². The number of anilines is 1. The van der Waals surface area contributed by atoms with Crippen molar-refractivity contribution in [3.05, 3.63) is 24.3 Å². The standard InChI is InChI=1S/C20H30N2O6/c1-6-27-20(25)17(10-13(2)3)22(12-18(23)28-19(24)14(4)21)15-8-7-9-16(11-15)26-5/h7-9,11,13-14,17H,6,10,12,21H2,1-5H3/t14-,17?/m0/s1. The van der Waals surface area contributed by atoms with Crippen LogP contribution in [-0.4, -0.2) is 50.3 Å². The van der Waals surface area contributed by atoms with Gasteiger partial charge in [0.15, 0.2) is 0 Å². The molecule has 0 aliphatic rings. The lowest BCUT2D eigenvalue weighted by Crippen LogP contribution is -2.47. The SMILES string of the molecule is CCOC(=O)C(CC(C)C)N(CC(=O)OC(=O)[C@H](C)N)c1cccc(OC)c1. The molecule has 0 amide bonds. The van der Waals surface area contributed by atoms with Crippen LogP contribution in [-0.2, 0) is 23.9 Å². The number of carbonyl (C=O) groups is 3. The van der Waals surface area contributed by atoms with Crippen molar-refractivity contribution in [3.63, 3.8) is 0 Å². The molecule has 0 aliphatic carbocycles. The van der Waals surface area contributed by atoms with E-state index in [-0.39, 0.29) is 19.1 Å². The number of hydrogen-bond acceptors (Lipinski definition) is 8. The molecule has 1 rings (SSSR count). The smallest absolute Gasteiger partial charge is 0.333 e. The Morgan fingerprint density at radius 3 is 2.36 bits per heavy atom. The number of esters is 3. The summed E-state index contributed by atoms with van der Waals surface area (Å²) in [5, 5.41) is 0. The third kappa shape index (κ3) is 7.19. The third-order valence-electron chi connectivity index (χ3n) is 3.90. The first kappa shape index (κ1) is 23.4. The Morgan fingerprint density at radius 2 is 1.82 bits per heavy atom. The van der Waals surface area contributed by atoms with Gasteiger partial charge in [-0.2, -0.15) is 0 Å². The fourth-order valence-corrected chi connectivity index (χ4v) is 2.58. The minimum Gasteiger partial charge on any atom is -0.497 e. The van der Waals surface area contributed by atoms with E-state index >= 15 is 0 Å². The van der Waals surface area contributed by atoms with E-state index in [0.717, 1.165) is 0 Å². The monoisotopic (exact) mass is 394 g/mol. The average molecular weight is 394 g/mol. The van der Waals surface area contributed by atoms with Gasteiger partial charge in [0.1, 0.15) is 24.4 Å². The zero-order chi connectivity index (χ0) is 21.3. The molecule has 156 valence electrons. The van der Waals surface area contributed by atoms with Crippen LogP contribution in [0.15, 0.2) is 24.3 Å². The summed E-state index contributed by atoms with van der Waals surface area (Å²) in [4.78, 5) is 38.2. The summed E-state index contributed by atoms with van der Waals surface area (Å²) >= 11 is 0. The lowest BCUT2D eigenvalue weighted by molar-refractivity contribution is -0.159. The molecule has 0 saturated carbocycles. The van der Waals surface area contributed by atoms with Crippen molar-refractivity contribution in [1.29, 1.82) is 0 Å². The molecule has 1 unspecified atom stereocenters. The first-order valence-corrected chi connectivity index (χ1v) is 9.27. The molecule has 0 fully saturated rings. The largest absolute Gasteiger partial charge is 0.497 e. The number of methoxy groups -OCH3 is 1. The Balaban J connectivity index is 3.24. The molecule has 0 radical (unpaired) electrons. The van der Waals surface area contributed by atoms with Gasteiger partial charge in [0, 0.05) is 11.8 Å². The van der Waals surface area contributed by atoms with Gasteiger partial charge in [-0.3, -0.25) is 0 Å². The fourth-order valence-electron chi connectivity index (χ4n) is 2.58. The molecule has 8 nitrogen and oxygen atoms in total. The van der Waals surface area contributed by atoms with Gasteiger partial charge in [0.05, 0.1) is 13.7 Å². The molecular weight excluding hydrogens is 364 g/mol. The minimum absolute atomic E-state index is 0.157. The lowest BCUT2D eigenvalue weighted by Gasteiger charge is -2.32. The molecule has 2 atom stereocenters. The zero-order valence-corrected chi connectivity index (χ0v) is 17.1. The van der Waals surface area contributed by atoms with Crippen LogP contribution in [0.1, 0.15) is 34.1 Å². The van der Waals surface area contributed by atoms with Crippen molar-refractivity contribution in [2.45, 2.75) is 46.2 Å². The molecule has 0 saturated heterocycles. The highest BCUT2D eigenvalue weighted by Crippen LogP contribution is 2.26. The summed E-state index contributed by atoms with van der Waals surface area (Å²) in [6, 6.07) is 5.29. The number of nitrogens with two attached hydrogens (primary N) is 1. The van der Waals surface area contributed by atoms with Crippen LogP contribution in [0.4, 0.5) is 5.69 Å². The maximum Gasteiger partial charge on any atom is 0.333 e. The number of ether oxygens (including phenoxy) is 3. The summed E-state index contributed by atoms with van der Waals surface area (Å²) in [6.07, 6.45) is 0.449. The highest BCUT2D eigenvalue weighted by atomic mass is 16.6. The van der Waals surface area contributed by atoms with Gasteiger partial charge in [-0.25, -0.2) is 14.4 Å². The topological polar surface area (TPSA) is 108 Å². The third-order valence-corrected chi connectivity index (χ3v) is 3.90. The second-order valence-electron chi connectivity index (χ2n) is 6.81. The van der Waals surface area contributed by atoms with Crippen molar-refractivity contribution in [3.8, 4) is 5.75 Å². The van der Waals surface area contributed by atoms with Crippen LogP contribution < -0.4 is 15.4 Å². The molecule has 1 aromatic carbocycles. The summed E-state index contributed by atoms with van der Waals surface area (Å²) < 4.78 is 15.2. The highest BCUT2D eigenvalue weighted by molar-refractivity contribution is 5.91. The van der Waals surface area contributed by atoms with Crippen LogP contribution in [0, 0.1) is 5.92 Å². The van der Waals surface area contributed by atoms with Crippen molar-refractivity contribution >= 4 is 23.6 Å². The van der Waals surface area contributed by atoms with Gasteiger partial charge < -0.3 is 24.8 Å². The fraction of sp³-hybridized carbons (Fsp3) is 0.550. The number of hydrogen-bond donors (Lipinski definition) is 1. The molecule has 0 aliphatic heterocycles. The molecule has 1 aromatic rings. The van der Waals surface area contributed by atoms with Crippen LogP contribution in [0.3, 0.4) is 0 Å². The Bertz CT molecular complexity index is 674. The predicted octanol–water partition coefficient (Wildman–Crippen LogP) is 1.90. The van der Waals surface area contributed by atoms with E-state index in [1.54, 1.807) is 36.1 Å². The van der Waals surface area contributed by atoms with Crippen LogP contribution in [0.5, 0.6) is 5.75 Å². The highest BCUT2D eigenvalue weighted by Gasteiger charge is 2.31. The summed E-state index contributed by atoms with van der Waals surface area (Å²) in [5.74, 6) is -1.36. The Hall–Kier alpha value is -2.61. The van der Waals surface area contributed by atoms with E-state index in [1.165, 1.54) is 14.0 Å². The molecule has 0 heterocycles. The molecule has 8 heteroatoms. The zero-order valence-electron chi connectivity index (χ0n) is 17.1. The maximum absolute atomic E-state index is 12.6. The van der Waals surface area contributed by atoms with Crippen molar-refractivity contribution < 1.29 is 28.6 Å². The van der Waals surface area contributed by atoms with Crippen LogP contribution >= 0.6 is 0 Å². The number of benzene rings is 1. The number of rotatable bonds is 10. The second kappa shape index (κ2) is 11.3. The van der Waals surface area contributed by atoms with E-state index < -0.39 is 30.0 Å². The van der Waals surface area contributed by atoms with E-state index in [4.69, 9.17) is 19.9 Å². The van der Waals surface area contributed by atoms with Crippen molar-refractivity contribution in [1.82, 2.24) is 0 Å². The Morgan fingerprint density at radius 1 is 1.14 bits per heavy atom. The molecule has 2 N–H and O–H groups in total. The first-order chi connectivity index (χ1) is 13.2. The van der Waals surface area contributed by atoms with Crippen molar-refractivity contribution in [2.75, 3.05) is 25.2 Å².